The molecule has 1 aliphatic rings. The lowest BCUT2D eigenvalue weighted by Gasteiger charge is -2.15. The van der Waals surface area contributed by atoms with Crippen LogP contribution in [0.25, 0.3) is 33.2 Å². The average Bonchev–Trinajstić information content (AvgIpc) is 3.67. The number of carboxylic acids is 1. The standard InChI is InChI=1S/C31H26N2O2/c1-33-14-13-23-15-20(17-29-28(31(34)35)18-24(19-32-29)21-11-12-21)16-27(30(23)33)26-10-6-5-9-25(26)22-7-3-2-4-8-22/h2-10,13-16,18-19,21H,11-12,17H2,1H3,(H,34,35). The highest BCUT2D eigenvalue weighted by atomic mass is 16.4. The Morgan fingerprint density at radius 1 is 0.943 bits per heavy atom. The molecule has 6 rings (SSSR count). The summed E-state index contributed by atoms with van der Waals surface area (Å²) in [5.41, 5.74) is 8.81. The minimum atomic E-state index is -0.912. The van der Waals surface area contributed by atoms with Crippen LogP contribution in [0.2, 0.25) is 0 Å². The van der Waals surface area contributed by atoms with Crippen LogP contribution in [-0.4, -0.2) is 20.6 Å². The summed E-state index contributed by atoms with van der Waals surface area (Å²) in [6.45, 7) is 0. The van der Waals surface area contributed by atoms with Gasteiger partial charge in [-0.05, 0) is 70.8 Å². The van der Waals surface area contributed by atoms with E-state index >= 15 is 0 Å². The maximum atomic E-state index is 12.1. The zero-order valence-corrected chi connectivity index (χ0v) is 19.6. The van der Waals surface area contributed by atoms with Gasteiger partial charge in [0.25, 0.3) is 0 Å². The van der Waals surface area contributed by atoms with Crippen molar-refractivity contribution in [3.8, 4) is 22.3 Å². The van der Waals surface area contributed by atoms with Gasteiger partial charge in [-0.1, -0.05) is 54.6 Å². The number of hydrogen-bond acceptors (Lipinski definition) is 2. The first-order valence-corrected chi connectivity index (χ1v) is 12.0. The molecule has 2 heterocycles. The van der Waals surface area contributed by atoms with Crippen LogP contribution in [0.3, 0.4) is 0 Å². The Bertz CT molecular complexity index is 1560. The van der Waals surface area contributed by atoms with Crippen molar-refractivity contribution < 1.29 is 9.90 Å². The van der Waals surface area contributed by atoms with Gasteiger partial charge in [-0.2, -0.15) is 0 Å². The number of aromatic nitrogens is 2. The average molecular weight is 459 g/mol. The number of hydrogen-bond donors (Lipinski definition) is 1. The van der Waals surface area contributed by atoms with Crippen molar-refractivity contribution in [3.63, 3.8) is 0 Å². The molecule has 0 atom stereocenters. The number of nitrogens with zero attached hydrogens (tertiary/aromatic N) is 2. The fourth-order valence-corrected chi connectivity index (χ4v) is 5.07. The molecule has 1 fully saturated rings. The molecular weight excluding hydrogens is 432 g/mol. The molecular formula is C31H26N2O2. The van der Waals surface area contributed by atoms with Crippen LogP contribution < -0.4 is 0 Å². The quantitative estimate of drug-likeness (QED) is 0.296. The van der Waals surface area contributed by atoms with Crippen LogP contribution >= 0.6 is 0 Å². The van der Waals surface area contributed by atoms with Gasteiger partial charge >= 0.3 is 5.97 Å². The molecule has 0 saturated heterocycles. The summed E-state index contributed by atoms with van der Waals surface area (Å²) in [5.74, 6) is -0.443. The van der Waals surface area contributed by atoms with Gasteiger partial charge in [0.2, 0.25) is 0 Å². The number of aromatic carboxylic acids is 1. The maximum absolute atomic E-state index is 12.1. The number of carboxylic acid groups (broad SMARTS) is 1. The molecule has 35 heavy (non-hydrogen) atoms. The van der Waals surface area contributed by atoms with Crippen molar-refractivity contribution >= 4 is 16.9 Å². The van der Waals surface area contributed by atoms with E-state index in [4.69, 9.17) is 0 Å². The third-order valence-corrected chi connectivity index (χ3v) is 6.97. The fourth-order valence-electron chi connectivity index (χ4n) is 5.07. The van der Waals surface area contributed by atoms with E-state index in [1.54, 1.807) is 0 Å². The molecule has 4 heteroatoms. The highest BCUT2D eigenvalue weighted by Gasteiger charge is 2.26. The molecule has 2 aromatic heterocycles. The summed E-state index contributed by atoms with van der Waals surface area (Å²) in [5, 5.41) is 11.0. The number of fused-ring (bicyclic) bond motifs is 1. The predicted molar refractivity (Wildman–Crippen MR) is 140 cm³/mol. The molecule has 5 aromatic rings. The van der Waals surface area contributed by atoms with Crippen LogP contribution in [0.1, 0.15) is 45.9 Å². The van der Waals surface area contributed by atoms with Crippen molar-refractivity contribution in [2.75, 3.05) is 0 Å². The number of rotatable bonds is 6. The Morgan fingerprint density at radius 2 is 1.69 bits per heavy atom. The van der Waals surface area contributed by atoms with Crippen LogP contribution in [-0.2, 0) is 13.5 Å². The summed E-state index contributed by atoms with van der Waals surface area (Å²) in [7, 11) is 2.07. The van der Waals surface area contributed by atoms with E-state index in [-0.39, 0.29) is 0 Å². The Balaban J connectivity index is 1.49. The number of benzene rings is 3. The minimum Gasteiger partial charge on any atom is -0.478 e. The first-order valence-electron chi connectivity index (χ1n) is 12.0. The van der Waals surface area contributed by atoms with Gasteiger partial charge in [0.15, 0.2) is 0 Å². The zero-order valence-electron chi connectivity index (χ0n) is 19.6. The van der Waals surface area contributed by atoms with Crippen LogP contribution in [0.15, 0.2) is 91.3 Å². The van der Waals surface area contributed by atoms with E-state index in [1.165, 1.54) is 11.1 Å². The second-order valence-electron chi connectivity index (χ2n) is 9.44. The predicted octanol–water partition coefficient (Wildman–Crippen LogP) is 7.07. The van der Waals surface area contributed by atoms with Gasteiger partial charge in [-0.3, -0.25) is 4.98 Å². The van der Waals surface area contributed by atoms with Crippen LogP contribution in [0.4, 0.5) is 0 Å². The first kappa shape index (κ1) is 21.4. The molecule has 172 valence electrons. The second-order valence-corrected chi connectivity index (χ2v) is 9.44. The summed E-state index contributed by atoms with van der Waals surface area (Å²) in [6, 6.07) is 27.2. The highest BCUT2D eigenvalue weighted by molar-refractivity contribution is 5.99. The lowest BCUT2D eigenvalue weighted by molar-refractivity contribution is 0.0695. The number of aryl methyl sites for hydroxylation is 1. The number of carbonyl (C=O) groups is 1. The maximum Gasteiger partial charge on any atom is 0.337 e. The molecule has 0 unspecified atom stereocenters. The van der Waals surface area contributed by atoms with Crippen molar-refractivity contribution in [3.05, 3.63) is 114 Å². The van der Waals surface area contributed by atoms with Crippen molar-refractivity contribution in [1.82, 2.24) is 9.55 Å². The smallest absolute Gasteiger partial charge is 0.337 e. The van der Waals surface area contributed by atoms with Crippen LogP contribution in [0.5, 0.6) is 0 Å². The van der Waals surface area contributed by atoms with Gasteiger partial charge in [0.05, 0.1) is 16.8 Å². The molecule has 1 saturated carbocycles. The van der Waals surface area contributed by atoms with Crippen molar-refractivity contribution in [2.45, 2.75) is 25.2 Å². The van der Waals surface area contributed by atoms with E-state index in [9.17, 15) is 9.90 Å². The van der Waals surface area contributed by atoms with Gasteiger partial charge < -0.3 is 9.67 Å². The molecule has 0 aliphatic heterocycles. The van der Waals surface area contributed by atoms with Gasteiger partial charge in [0.1, 0.15) is 0 Å². The Labute approximate surface area is 204 Å². The first-order chi connectivity index (χ1) is 17.1. The van der Waals surface area contributed by atoms with E-state index in [0.29, 0.717) is 23.6 Å². The second kappa shape index (κ2) is 8.55. The molecule has 3 aromatic carbocycles. The summed E-state index contributed by atoms with van der Waals surface area (Å²) < 4.78 is 2.15. The van der Waals surface area contributed by atoms with E-state index < -0.39 is 5.97 Å². The third kappa shape index (κ3) is 4.01. The Morgan fingerprint density at radius 3 is 2.43 bits per heavy atom. The molecule has 4 nitrogen and oxygen atoms in total. The van der Waals surface area contributed by atoms with Gasteiger partial charge in [-0.25, -0.2) is 4.79 Å². The fraction of sp³-hybridized carbons (Fsp3) is 0.161. The van der Waals surface area contributed by atoms with E-state index in [2.05, 4.69) is 89.5 Å². The SMILES string of the molecule is Cn1ccc2cc(Cc3ncc(C4CC4)cc3C(=O)O)cc(-c3ccccc3-c3ccccc3)c21. The monoisotopic (exact) mass is 458 g/mol. The van der Waals surface area contributed by atoms with E-state index in [1.807, 2.05) is 18.3 Å². The minimum absolute atomic E-state index is 0.314. The lowest BCUT2D eigenvalue weighted by atomic mass is 9.91. The molecule has 1 N–H and O–H groups in total. The normalized spacial score (nSPS) is 13.3. The summed E-state index contributed by atoms with van der Waals surface area (Å²) in [4.78, 5) is 16.7. The largest absolute Gasteiger partial charge is 0.478 e. The third-order valence-electron chi connectivity index (χ3n) is 6.97. The number of pyridine rings is 1. The molecule has 0 radical (unpaired) electrons. The molecule has 0 bridgehead atoms. The van der Waals surface area contributed by atoms with Gasteiger partial charge in [0, 0.05) is 36.8 Å². The zero-order chi connectivity index (χ0) is 23.9. The topological polar surface area (TPSA) is 55.1 Å². The van der Waals surface area contributed by atoms with Gasteiger partial charge in [-0.15, -0.1) is 0 Å². The summed E-state index contributed by atoms with van der Waals surface area (Å²) in [6.07, 6.45) is 6.66. The van der Waals surface area contributed by atoms with Crippen molar-refractivity contribution in [2.24, 2.45) is 7.05 Å². The Hall–Kier alpha value is -4.18. The Kier molecular flexibility index (Phi) is 5.22. The van der Waals surface area contributed by atoms with Crippen LogP contribution in [0, 0.1) is 0 Å². The summed E-state index contributed by atoms with van der Waals surface area (Å²) >= 11 is 0. The lowest BCUT2D eigenvalue weighted by Crippen LogP contribution is -2.07. The highest BCUT2D eigenvalue weighted by Crippen LogP contribution is 2.41. The molecule has 0 spiro atoms. The molecule has 1 aliphatic carbocycles. The molecule has 0 amide bonds. The van der Waals surface area contributed by atoms with Crippen molar-refractivity contribution in [1.29, 1.82) is 0 Å². The van der Waals surface area contributed by atoms with E-state index in [0.717, 1.165) is 46.0 Å².